The van der Waals surface area contributed by atoms with Gasteiger partial charge in [0.25, 0.3) is 5.91 Å². The number of urea groups is 1. The minimum atomic E-state index is -0.623. The molecule has 1 fully saturated rings. The summed E-state index contributed by atoms with van der Waals surface area (Å²) in [6.45, 7) is 1.76. The molecule has 0 aromatic carbocycles. The van der Waals surface area contributed by atoms with E-state index in [4.69, 9.17) is 4.84 Å². The first-order valence-corrected chi connectivity index (χ1v) is 9.87. The first kappa shape index (κ1) is 19.8. The van der Waals surface area contributed by atoms with Crippen LogP contribution in [0.5, 0.6) is 0 Å². The Bertz CT molecular complexity index is 936. The van der Waals surface area contributed by atoms with Gasteiger partial charge in [0.15, 0.2) is 5.60 Å². The predicted molar refractivity (Wildman–Crippen MR) is 109 cm³/mol. The van der Waals surface area contributed by atoms with Crippen LogP contribution in [0, 0.1) is 0 Å². The van der Waals surface area contributed by atoms with Crippen LogP contribution in [-0.4, -0.2) is 63.2 Å². The van der Waals surface area contributed by atoms with Crippen molar-refractivity contribution in [1.82, 2.24) is 25.1 Å². The average Bonchev–Trinajstić information content (AvgIpc) is 3.40. The Morgan fingerprint density at radius 2 is 2.17 bits per heavy atom. The maximum Gasteiger partial charge on any atom is 0.317 e. The molecule has 1 unspecified atom stereocenters. The SMILES string of the molecule is CN(Cc1ccccn1)C(=O)C1=NOC2(CCN(C(=O)NCc3cccnc3)C2)C1. The molecule has 9 nitrogen and oxygen atoms in total. The molecular formula is C21H24N6O3. The van der Waals surface area contributed by atoms with Crippen molar-refractivity contribution in [3.8, 4) is 0 Å². The summed E-state index contributed by atoms with van der Waals surface area (Å²) in [4.78, 5) is 42.5. The highest BCUT2D eigenvalue weighted by Crippen LogP contribution is 2.34. The second-order valence-electron chi connectivity index (χ2n) is 7.66. The molecule has 1 saturated heterocycles. The summed E-state index contributed by atoms with van der Waals surface area (Å²) in [7, 11) is 1.72. The topological polar surface area (TPSA) is 100 Å². The maximum absolute atomic E-state index is 12.8. The summed E-state index contributed by atoms with van der Waals surface area (Å²) >= 11 is 0. The second kappa shape index (κ2) is 8.48. The smallest absolute Gasteiger partial charge is 0.317 e. The van der Waals surface area contributed by atoms with Crippen LogP contribution in [0.3, 0.4) is 0 Å². The van der Waals surface area contributed by atoms with Gasteiger partial charge >= 0.3 is 6.03 Å². The molecule has 0 aliphatic carbocycles. The molecule has 2 aromatic heterocycles. The number of nitrogens with zero attached hydrogens (tertiary/aromatic N) is 5. The number of oxime groups is 1. The molecular weight excluding hydrogens is 384 g/mol. The zero-order valence-corrected chi connectivity index (χ0v) is 16.8. The van der Waals surface area contributed by atoms with E-state index in [2.05, 4.69) is 20.4 Å². The molecule has 156 valence electrons. The lowest BCUT2D eigenvalue weighted by atomic mass is 9.96. The summed E-state index contributed by atoms with van der Waals surface area (Å²) < 4.78 is 0. The summed E-state index contributed by atoms with van der Waals surface area (Å²) in [5, 5.41) is 6.96. The molecule has 4 rings (SSSR count). The minimum absolute atomic E-state index is 0.161. The van der Waals surface area contributed by atoms with Crippen LogP contribution in [0.4, 0.5) is 4.79 Å². The number of carbonyl (C=O) groups is 2. The standard InChI is InChI=1S/C21H24N6O3/c1-26(14-17-6-2-3-9-23-17)19(28)18-11-21(30-25-18)7-10-27(15-21)20(29)24-13-16-5-4-8-22-12-16/h2-6,8-9,12H,7,10-11,13-15H2,1H3,(H,24,29). The fraction of sp³-hybridized carbons (Fsp3) is 0.381. The number of hydrogen-bond donors (Lipinski definition) is 1. The van der Waals surface area contributed by atoms with Crippen molar-refractivity contribution in [1.29, 1.82) is 0 Å². The maximum atomic E-state index is 12.8. The van der Waals surface area contributed by atoms with Crippen LogP contribution in [0.1, 0.15) is 24.1 Å². The summed E-state index contributed by atoms with van der Waals surface area (Å²) in [6, 6.07) is 9.18. The molecule has 0 bridgehead atoms. The van der Waals surface area contributed by atoms with E-state index in [0.29, 0.717) is 44.7 Å². The Morgan fingerprint density at radius 3 is 2.93 bits per heavy atom. The molecule has 2 aliphatic rings. The van der Waals surface area contributed by atoms with Gasteiger partial charge in [-0.15, -0.1) is 0 Å². The zero-order valence-electron chi connectivity index (χ0n) is 16.8. The van der Waals surface area contributed by atoms with Gasteiger partial charge in [0.05, 0.1) is 18.8 Å². The van der Waals surface area contributed by atoms with E-state index in [9.17, 15) is 9.59 Å². The Balaban J connectivity index is 1.29. The van der Waals surface area contributed by atoms with E-state index in [1.54, 1.807) is 35.4 Å². The molecule has 4 heterocycles. The molecule has 1 spiro atoms. The second-order valence-corrected chi connectivity index (χ2v) is 7.66. The Labute approximate surface area is 174 Å². The van der Waals surface area contributed by atoms with Crippen molar-refractivity contribution >= 4 is 17.6 Å². The van der Waals surface area contributed by atoms with Crippen molar-refractivity contribution in [3.05, 3.63) is 60.2 Å². The van der Waals surface area contributed by atoms with Gasteiger partial charge in [0, 0.05) is 51.6 Å². The lowest BCUT2D eigenvalue weighted by Crippen LogP contribution is -2.42. The zero-order chi connectivity index (χ0) is 21.0. The lowest BCUT2D eigenvalue weighted by molar-refractivity contribution is -0.123. The largest absolute Gasteiger partial charge is 0.386 e. The van der Waals surface area contributed by atoms with Crippen LogP contribution in [-0.2, 0) is 22.7 Å². The number of nitrogens with one attached hydrogen (secondary N) is 1. The van der Waals surface area contributed by atoms with Crippen LogP contribution in [0.15, 0.2) is 54.1 Å². The van der Waals surface area contributed by atoms with E-state index in [0.717, 1.165) is 11.3 Å². The van der Waals surface area contributed by atoms with Crippen LogP contribution >= 0.6 is 0 Å². The van der Waals surface area contributed by atoms with E-state index in [1.807, 2.05) is 30.3 Å². The number of carbonyl (C=O) groups excluding carboxylic acids is 2. The Hall–Kier alpha value is -3.49. The number of aromatic nitrogens is 2. The molecule has 1 N–H and O–H groups in total. The number of pyridine rings is 2. The van der Waals surface area contributed by atoms with Gasteiger partial charge in [0.2, 0.25) is 0 Å². The molecule has 2 aliphatic heterocycles. The third kappa shape index (κ3) is 4.40. The highest BCUT2D eigenvalue weighted by molar-refractivity contribution is 6.39. The first-order valence-electron chi connectivity index (χ1n) is 9.87. The molecule has 3 amide bonds. The predicted octanol–water partition coefficient (Wildman–Crippen LogP) is 1.57. The number of rotatable bonds is 5. The quantitative estimate of drug-likeness (QED) is 0.809. The molecule has 9 heteroatoms. The van der Waals surface area contributed by atoms with Crippen molar-refractivity contribution in [3.63, 3.8) is 0 Å². The van der Waals surface area contributed by atoms with Gasteiger partial charge in [-0.25, -0.2) is 4.79 Å². The van der Waals surface area contributed by atoms with Gasteiger partial charge < -0.3 is 20.0 Å². The van der Waals surface area contributed by atoms with E-state index in [-0.39, 0.29) is 11.9 Å². The number of hydrogen-bond acceptors (Lipinski definition) is 6. The van der Waals surface area contributed by atoms with Gasteiger partial charge in [-0.1, -0.05) is 17.3 Å². The Morgan fingerprint density at radius 1 is 1.27 bits per heavy atom. The summed E-state index contributed by atoms with van der Waals surface area (Å²) in [6.07, 6.45) is 6.15. The van der Waals surface area contributed by atoms with Crippen LogP contribution < -0.4 is 5.32 Å². The van der Waals surface area contributed by atoms with Gasteiger partial charge in [-0.3, -0.25) is 14.8 Å². The fourth-order valence-corrected chi connectivity index (χ4v) is 3.69. The third-order valence-electron chi connectivity index (χ3n) is 5.33. The summed E-state index contributed by atoms with van der Waals surface area (Å²) in [5.41, 5.74) is 1.50. The van der Waals surface area contributed by atoms with Crippen molar-refractivity contribution in [2.24, 2.45) is 5.16 Å². The average molecular weight is 408 g/mol. The number of amides is 3. The first-order chi connectivity index (χ1) is 14.5. The van der Waals surface area contributed by atoms with Gasteiger partial charge in [-0.2, -0.15) is 0 Å². The van der Waals surface area contributed by atoms with E-state index < -0.39 is 5.60 Å². The highest BCUT2D eigenvalue weighted by atomic mass is 16.7. The normalized spacial score (nSPS) is 20.0. The minimum Gasteiger partial charge on any atom is -0.386 e. The van der Waals surface area contributed by atoms with Crippen molar-refractivity contribution in [2.45, 2.75) is 31.5 Å². The lowest BCUT2D eigenvalue weighted by Gasteiger charge is -2.22. The Kier molecular flexibility index (Phi) is 5.60. The third-order valence-corrected chi connectivity index (χ3v) is 5.33. The van der Waals surface area contributed by atoms with Gasteiger partial charge in [-0.05, 0) is 23.8 Å². The van der Waals surface area contributed by atoms with Crippen LogP contribution in [0.2, 0.25) is 0 Å². The fourth-order valence-electron chi connectivity index (χ4n) is 3.69. The van der Waals surface area contributed by atoms with E-state index >= 15 is 0 Å². The van der Waals surface area contributed by atoms with Gasteiger partial charge in [0.1, 0.15) is 5.71 Å². The molecule has 2 aromatic rings. The monoisotopic (exact) mass is 408 g/mol. The van der Waals surface area contributed by atoms with Crippen molar-refractivity contribution < 1.29 is 14.4 Å². The van der Waals surface area contributed by atoms with Crippen molar-refractivity contribution in [2.75, 3.05) is 20.1 Å². The summed E-state index contributed by atoms with van der Waals surface area (Å²) in [5.74, 6) is -0.183. The van der Waals surface area contributed by atoms with Crippen LogP contribution in [0.25, 0.3) is 0 Å². The molecule has 30 heavy (non-hydrogen) atoms. The van der Waals surface area contributed by atoms with E-state index in [1.165, 1.54) is 0 Å². The highest BCUT2D eigenvalue weighted by Gasteiger charge is 2.48. The molecule has 0 radical (unpaired) electrons. The number of likely N-dealkylation sites (tertiary alicyclic amines) is 1. The molecule has 0 saturated carbocycles. The molecule has 1 atom stereocenters.